The zero-order valence-electron chi connectivity index (χ0n) is 14.0. The van der Waals surface area contributed by atoms with E-state index in [0.29, 0.717) is 32.2 Å². The van der Waals surface area contributed by atoms with E-state index in [0.717, 1.165) is 12.2 Å². The molecule has 0 aromatic carbocycles. The molecule has 0 aromatic rings. The lowest BCUT2D eigenvalue weighted by Gasteiger charge is -2.18. The van der Waals surface area contributed by atoms with Crippen LogP contribution in [0.3, 0.4) is 0 Å². The summed E-state index contributed by atoms with van der Waals surface area (Å²) in [5.74, 6) is 1.69. The van der Waals surface area contributed by atoms with Crippen molar-refractivity contribution in [2.75, 3.05) is 44.5 Å². The molecule has 0 aliphatic rings. The van der Waals surface area contributed by atoms with Crippen LogP contribution in [0.5, 0.6) is 0 Å². The average molecular weight is 336 g/mol. The van der Waals surface area contributed by atoms with Crippen LogP contribution in [-0.2, 0) is 23.7 Å². The molecule has 0 saturated carbocycles. The Hall–Kier alpha value is -0.790. The molecule has 0 fully saturated rings. The molecule has 0 aliphatic carbocycles. The number of thioether (sulfide) groups is 1. The Morgan fingerprint density at radius 3 is 2.14 bits per heavy atom. The van der Waals surface area contributed by atoms with Gasteiger partial charge in [-0.3, -0.25) is 4.79 Å². The van der Waals surface area contributed by atoms with Crippen molar-refractivity contribution < 1.29 is 28.5 Å². The van der Waals surface area contributed by atoms with Gasteiger partial charge >= 0.3 is 6.16 Å². The summed E-state index contributed by atoms with van der Waals surface area (Å²) in [6.07, 6.45) is 0.232. The van der Waals surface area contributed by atoms with E-state index in [-0.39, 0.29) is 12.4 Å². The summed E-state index contributed by atoms with van der Waals surface area (Å²) < 4.78 is 20.5. The maximum atomic E-state index is 11.2. The van der Waals surface area contributed by atoms with Gasteiger partial charge in [0.25, 0.3) is 0 Å². The molecule has 7 heteroatoms. The van der Waals surface area contributed by atoms with Crippen LogP contribution in [0.4, 0.5) is 4.79 Å². The molecular formula is C15H28O6S. The second-order valence-electron chi connectivity index (χ2n) is 5.65. The SMILES string of the molecule is CC(=O)CSCCCOCCOCCOC(=O)OC(C)(C)C. The van der Waals surface area contributed by atoms with Gasteiger partial charge in [0.2, 0.25) is 0 Å². The number of carbonyl (C=O) groups is 2. The van der Waals surface area contributed by atoms with Crippen LogP contribution in [-0.4, -0.2) is 62.1 Å². The van der Waals surface area contributed by atoms with E-state index in [1.54, 1.807) is 39.5 Å². The summed E-state index contributed by atoms with van der Waals surface area (Å²) in [4.78, 5) is 21.9. The number of Topliss-reactive ketones (excluding diaryl/α,β-unsaturated/α-hetero) is 1. The fourth-order valence-corrected chi connectivity index (χ4v) is 2.02. The highest BCUT2D eigenvalue weighted by Crippen LogP contribution is 2.07. The van der Waals surface area contributed by atoms with Gasteiger partial charge in [0, 0.05) is 6.61 Å². The summed E-state index contributed by atoms with van der Waals surface area (Å²) in [6.45, 7) is 9.02. The second kappa shape index (κ2) is 12.7. The van der Waals surface area contributed by atoms with Crippen LogP contribution in [0, 0.1) is 0 Å². The minimum Gasteiger partial charge on any atom is -0.432 e. The topological polar surface area (TPSA) is 71.1 Å². The number of hydrogen-bond acceptors (Lipinski definition) is 7. The van der Waals surface area contributed by atoms with Gasteiger partial charge in [0.05, 0.1) is 25.6 Å². The van der Waals surface area contributed by atoms with E-state index < -0.39 is 11.8 Å². The molecule has 0 aromatic heterocycles. The molecule has 0 bridgehead atoms. The molecule has 0 atom stereocenters. The third kappa shape index (κ3) is 17.3. The minimum absolute atomic E-state index is 0.163. The lowest BCUT2D eigenvalue weighted by Crippen LogP contribution is -2.25. The molecular weight excluding hydrogens is 308 g/mol. The van der Waals surface area contributed by atoms with E-state index in [2.05, 4.69) is 0 Å². The Morgan fingerprint density at radius 2 is 1.55 bits per heavy atom. The quantitative estimate of drug-likeness (QED) is 0.401. The molecule has 0 rings (SSSR count). The molecule has 130 valence electrons. The number of rotatable bonds is 12. The standard InChI is InChI=1S/C15H28O6S/c1-13(16)12-22-11-5-6-18-7-8-19-9-10-20-14(17)21-15(2,3)4/h5-12H2,1-4H3. The van der Waals surface area contributed by atoms with E-state index >= 15 is 0 Å². The van der Waals surface area contributed by atoms with Crippen molar-refractivity contribution in [2.45, 2.75) is 39.7 Å². The van der Waals surface area contributed by atoms with E-state index in [1.165, 1.54) is 0 Å². The monoisotopic (exact) mass is 336 g/mol. The lowest BCUT2D eigenvalue weighted by atomic mass is 10.2. The lowest BCUT2D eigenvalue weighted by molar-refractivity contribution is -0.114. The van der Waals surface area contributed by atoms with Gasteiger partial charge in [-0.05, 0) is 39.9 Å². The largest absolute Gasteiger partial charge is 0.508 e. The Balaban J connectivity index is 3.21. The van der Waals surface area contributed by atoms with Crippen LogP contribution in [0.25, 0.3) is 0 Å². The Bertz CT molecular complexity index is 314. The molecule has 0 aliphatic heterocycles. The van der Waals surface area contributed by atoms with Gasteiger partial charge in [-0.2, -0.15) is 11.8 Å². The van der Waals surface area contributed by atoms with Crippen LogP contribution in [0.1, 0.15) is 34.1 Å². The zero-order valence-corrected chi connectivity index (χ0v) is 14.8. The maximum Gasteiger partial charge on any atom is 0.508 e. The maximum absolute atomic E-state index is 11.2. The number of carbonyl (C=O) groups excluding carboxylic acids is 2. The first kappa shape index (κ1) is 21.2. The minimum atomic E-state index is -0.685. The first-order chi connectivity index (χ1) is 10.3. The van der Waals surface area contributed by atoms with Crippen molar-refractivity contribution >= 4 is 23.7 Å². The molecule has 0 saturated heterocycles. The van der Waals surface area contributed by atoms with Gasteiger partial charge in [-0.15, -0.1) is 0 Å². The van der Waals surface area contributed by atoms with Crippen molar-refractivity contribution in [3.8, 4) is 0 Å². The second-order valence-corrected chi connectivity index (χ2v) is 6.75. The summed E-state index contributed by atoms with van der Waals surface area (Å²) in [6, 6.07) is 0. The molecule has 0 N–H and O–H groups in total. The number of ether oxygens (including phenoxy) is 4. The van der Waals surface area contributed by atoms with E-state index in [9.17, 15) is 9.59 Å². The summed E-state index contributed by atoms with van der Waals surface area (Å²) >= 11 is 1.62. The van der Waals surface area contributed by atoms with Crippen LogP contribution in [0.15, 0.2) is 0 Å². The predicted molar refractivity (Wildman–Crippen MR) is 86.4 cm³/mol. The first-order valence-corrected chi connectivity index (χ1v) is 8.55. The molecule has 0 unspecified atom stereocenters. The van der Waals surface area contributed by atoms with Gasteiger partial charge in [0.1, 0.15) is 18.0 Å². The van der Waals surface area contributed by atoms with Gasteiger partial charge < -0.3 is 18.9 Å². The number of ketones is 1. The van der Waals surface area contributed by atoms with Gasteiger partial charge in [0.15, 0.2) is 0 Å². The van der Waals surface area contributed by atoms with Crippen LogP contribution < -0.4 is 0 Å². The fourth-order valence-electron chi connectivity index (χ4n) is 1.26. The van der Waals surface area contributed by atoms with Crippen molar-refractivity contribution in [1.29, 1.82) is 0 Å². The molecule has 0 amide bonds. The highest BCUT2D eigenvalue weighted by molar-refractivity contribution is 7.99. The average Bonchev–Trinajstić information content (AvgIpc) is 2.37. The van der Waals surface area contributed by atoms with Crippen molar-refractivity contribution in [2.24, 2.45) is 0 Å². The normalized spacial score (nSPS) is 11.3. The molecule has 22 heavy (non-hydrogen) atoms. The third-order valence-corrected chi connectivity index (χ3v) is 3.28. The van der Waals surface area contributed by atoms with Gasteiger partial charge in [-0.25, -0.2) is 4.79 Å². The van der Waals surface area contributed by atoms with E-state index in [1.807, 2.05) is 0 Å². The highest BCUT2D eigenvalue weighted by atomic mass is 32.2. The van der Waals surface area contributed by atoms with Crippen molar-refractivity contribution in [1.82, 2.24) is 0 Å². The summed E-state index contributed by atoms with van der Waals surface area (Å²) in [5, 5.41) is 0. The molecule has 0 spiro atoms. The zero-order chi connectivity index (χ0) is 16.8. The Kier molecular flexibility index (Phi) is 12.3. The number of hydrogen-bond donors (Lipinski definition) is 0. The van der Waals surface area contributed by atoms with Crippen molar-refractivity contribution in [3.05, 3.63) is 0 Å². The predicted octanol–water partition coefficient (Wildman–Crippen LogP) is 2.68. The third-order valence-electron chi connectivity index (χ3n) is 2.09. The smallest absolute Gasteiger partial charge is 0.432 e. The van der Waals surface area contributed by atoms with Crippen LogP contribution >= 0.6 is 11.8 Å². The fraction of sp³-hybridized carbons (Fsp3) is 0.867. The first-order valence-electron chi connectivity index (χ1n) is 7.39. The van der Waals surface area contributed by atoms with Crippen LogP contribution in [0.2, 0.25) is 0 Å². The molecule has 0 heterocycles. The summed E-state index contributed by atoms with van der Waals surface area (Å²) in [5.41, 5.74) is -0.547. The van der Waals surface area contributed by atoms with Crippen molar-refractivity contribution in [3.63, 3.8) is 0 Å². The Labute approximate surface area is 137 Å². The summed E-state index contributed by atoms with van der Waals surface area (Å²) in [7, 11) is 0. The Morgan fingerprint density at radius 1 is 0.955 bits per heavy atom. The van der Waals surface area contributed by atoms with Gasteiger partial charge in [-0.1, -0.05) is 0 Å². The molecule has 6 nitrogen and oxygen atoms in total. The van der Waals surface area contributed by atoms with E-state index in [4.69, 9.17) is 18.9 Å². The highest BCUT2D eigenvalue weighted by Gasteiger charge is 2.16. The molecule has 0 radical (unpaired) electrons.